The van der Waals surface area contributed by atoms with Gasteiger partial charge in [-0.1, -0.05) is 36.4 Å². The number of nitrogens with zero attached hydrogens (tertiary/aromatic N) is 5. The Morgan fingerprint density at radius 2 is 1.70 bits per heavy atom. The number of nitrogens with one attached hydrogen (secondary N) is 1. The number of rotatable bonds is 7. The van der Waals surface area contributed by atoms with E-state index < -0.39 is 11.6 Å². The monoisotopic (exact) mass is 500 g/mol. The number of benzene rings is 2. The molecule has 1 saturated heterocycles. The molecule has 1 aliphatic heterocycles. The van der Waals surface area contributed by atoms with E-state index in [-0.39, 0.29) is 0 Å². The number of fused-ring (bicyclic) bond motifs is 2. The maximum absolute atomic E-state index is 11.7. The van der Waals surface area contributed by atoms with E-state index in [4.69, 9.17) is 9.97 Å². The van der Waals surface area contributed by atoms with Gasteiger partial charge in [-0.05, 0) is 57.9 Å². The minimum Gasteiger partial charge on any atom is -0.465 e. The van der Waals surface area contributed by atoms with Crippen molar-refractivity contribution >= 4 is 34.0 Å². The van der Waals surface area contributed by atoms with Gasteiger partial charge in [-0.15, -0.1) is 0 Å². The number of anilines is 1. The Labute approximate surface area is 217 Å². The molecule has 0 unspecified atom stereocenters. The van der Waals surface area contributed by atoms with Crippen LogP contribution in [0.25, 0.3) is 21.9 Å². The van der Waals surface area contributed by atoms with Crippen LogP contribution in [0, 0.1) is 0 Å². The normalized spacial score (nSPS) is 15.3. The first-order valence-corrected chi connectivity index (χ1v) is 13.1. The van der Waals surface area contributed by atoms with Gasteiger partial charge in [0.15, 0.2) is 0 Å². The van der Waals surface area contributed by atoms with E-state index in [2.05, 4.69) is 57.2 Å². The van der Waals surface area contributed by atoms with Crippen LogP contribution in [0.5, 0.6) is 0 Å². The van der Waals surface area contributed by atoms with Gasteiger partial charge in [0.2, 0.25) is 5.95 Å². The molecule has 0 saturated carbocycles. The lowest BCUT2D eigenvalue weighted by atomic mass is 10.0. The molecule has 0 atom stereocenters. The predicted octanol–water partition coefficient (Wildman–Crippen LogP) is 5.29. The number of amides is 1. The van der Waals surface area contributed by atoms with Crippen molar-refractivity contribution in [2.45, 2.75) is 51.7 Å². The Hall–Kier alpha value is -3.65. The van der Waals surface area contributed by atoms with Crippen molar-refractivity contribution < 1.29 is 9.90 Å². The Morgan fingerprint density at radius 3 is 2.43 bits per heavy atom. The molecule has 3 heterocycles. The largest absolute Gasteiger partial charge is 0.465 e. The van der Waals surface area contributed by atoms with Crippen LogP contribution in [0.1, 0.15) is 39.3 Å². The van der Waals surface area contributed by atoms with Gasteiger partial charge in [-0.2, -0.15) is 0 Å². The fraction of sp³-hybridized carbons (Fsp3) is 0.414. The summed E-state index contributed by atoms with van der Waals surface area (Å²) in [5, 5.41) is 14.4. The van der Waals surface area contributed by atoms with Crippen molar-refractivity contribution in [3.05, 3.63) is 66.4 Å². The predicted molar refractivity (Wildman–Crippen MR) is 148 cm³/mol. The van der Waals surface area contributed by atoms with Crippen molar-refractivity contribution in [2.24, 2.45) is 0 Å². The zero-order valence-corrected chi connectivity index (χ0v) is 21.9. The molecule has 4 aromatic rings. The van der Waals surface area contributed by atoms with Crippen LogP contribution in [0.4, 0.5) is 10.7 Å². The van der Waals surface area contributed by atoms with Gasteiger partial charge in [-0.25, -0.2) is 9.78 Å². The van der Waals surface area contributed by atoms with E-state index in [0.29, 0.717) is 19.1 Å². The Kier molecular flexibility index (Phi) is 7.02. The number of imidazole rings is 1. The van der Waals surface area contributed by atoms with E-state index in [1.807, 2.05) is 39.0 Å². The van der Waals surface area contributed by atoms with Gasteiger partial charge in [0.1, 0.15) is 0 Å². The first-order valence-electron chi connectivity index (χ1n) is 13.1. The van der Waals surface area contributed by atoms with Crippen molar-refractivity contribution in [1.29, 1.82) is 0 Å². The first kappa shape index (κ1) is 25.0. The van der Waals surface area contributed by atoms with E-state index in [0.717, 1.165) is 66.1 Å². The summed E-state index contributed by atoms with van der Waals surface area (Å²) in [4.78, 5) is 25.4. The summed E-state index contributed by atoms with van der Waals surface area (Å²) in [6.07, 6.45) is 1.11. The lowest BCUT2D eigenvalue weighted by Gasteiger charge is -2.37. The summed E-state index contributed by atoms with van der Waals surface area (Å²) in [7, 11) is 0. The molecule has 1 aliphatic rings. The van der Waals surface area contributed by atoms with Gasteiger partial charge in [0.25, 0.3) is 0 Å². The van der Waals surface area contributed by atoms with Gasteiger partial charge >= 0.3 is 6.09 Å². The second-order valence-corrected chi connectivity index (χ2v) is 10.9. The van der Waals surface area contributed by atoms with Crippen LogP contribution in [0.15, 0.2) is 60.7 Å². The molecular formula is C29H36N6O2. The molecule has 1 amide bonds. The molecular weight excluding hydrogens is 464 g/mol. The average molecular weight is 501 g/mol. The molecule has 0 aliphatic carbocycles. The first-order chi connectivity index (χ1) is 17.8. The zero-order chi connectivity index (χ0) is 26.0. The molecule has 2 aromatic heterocycles. The number of pyridine rings is 1. The number of aromatic nitrogens is 3. The highest BCUT2D eigenvalue weighted by atomic mass is 16.4. The smallest absolute Gasteiger partial charge is 0.407 e. The SMILES string of the molecule is CC(C)(C)N(CCN1CCC(Nc2nc3ccccc3n2Cc2ccc3ccccc3n2)CC1)C(=O)O. The summed E-state index contributed by atoms with van der Waals surface area (Å²) in [6, 6.07) is 21.0. The number of hydrogen-bond acceptors (Lipinski definition) is 5. The number of para-hydroxylation sites is 3. The van der Waals surface area contributed by atoms with Crippen molar-refractivity contribution in [3.63, 3.8) is 0 Å². The number of hydrogen-bond donors (Lipinski definition) is 2. The number of likely N-dealkylation sites (tertiary alicyclic amines) is 1. The van der Waals surface area contributed by atoms with E-state index >= 15 is 0 Å². The summed E-state index contributed by atoms with van der Waals surface area (Å²) in [5.41, 5.74) is 3.67. The van der Waals surface area contributed by atoms with E-state index in [1.54, 1.807) is 0 Å². The molecule has 8 nitrogen and oxygen atoms in total. The lowest BCUT2D eigenvalue weighted by Crippen LogP contribution is -2.49. The van der Waals surface area contributed by atoms with Gasteiger partial charge < -0.3 is 24.8 Å². The third-order valence-corrected chi connectivity index (χ3v) is 7.23. The van der Waals surface area contributed by atoms with Crippen LogP contribution < -0.4 is 5.32 Å². The lowest BCUT2D eigenvalue weighted by molar-refractivity contribution is 0.0876. The molecule has 5 rings (SSSR count). The second kappa shape index (κ2) is 10.4. The molecule has 1 fully saturated rings. The number of carboxylic acid groups (broad SMARTS) is 1. The third-order valence-electron chi connectivity index (χ3n) is 7.23. The maximum Gasteiger partial charge on any atom is 0.407 e. The minimum absolute atomic E-state index is 0.314. The zero-order valence-electron chi connectivity index (χ0n) is 21.9. The highest BCUT2D eigenvalue weighted by molar-refractivity contribution is 5.80. The van der Waals surface area contributed by atoms with Crippen LogP contribution in [-0.2, 0) is 6.54 Å². The highest BCUT2D eigenvalue weighted by Crippen LogP contribution is 2.24. The maximum atomic E-state index is 11.7. The fourth-order valence-electron chi connectivity index (χ4n) is 5.15. The topological polar surface area (TPSA) is 86.5 Å². The summed E-state index contributed by atoms with van der Waals surface area (Å²) < 4.78 is 2.23. The molecule has 2 N–H and O–H groups in total. The van der Waals surface area contributed by atoms with E-state index in [1.165, 1.54) is 4.90 Å². The molecule has 0 spiro atoms. The molecule has 2 aromatic carbocycles. The van der Waals surface area contributed by atoms with Crippen LogP contribution in [0.3, 0.4) is 0 Å². The summed E-state index contributed by atoms with van der Waals surface area (Å²) in [6.45, 7) is 9.60. The van der Waals surface area contributed by atoms with Gasteiger partial charge in [0.05, 0.1) is 28.8 Å². The number of piperidine rings is 1. The Balaban J connectivity index is 1.27. The Bertz CT molecular complexity index is 1380. The molecule has 0 bridgehead atoms. The standard InChI is InChI=1S/C29H36N6O2/c1-29(2,3)35(28(36)37)19-18-33-16-14-22(15-17-33)31-27-32-25-10-6-7-11-26(25)34(27)20-23-13-12-21-8-4-5-9-24(21)30-23/h4-13,22H,14-20H2,1-3H3,(H,31,32)(H,36,37). The van der Waals surface area contributed by atoms with Gasteiger partial charge in [0, 0.05) is 43.1 Å². The van der Waals surface area contributed by atoms with Crippen LogP contribution in [-0.4, -0.2) is 73.3 Å². The van der Waals surface area contributed by atoms with Crippen molar-refractivity contribution in [1.82, 2.24) is 24.3 Å². The minimum atomic E-state index is -0.858. The number of carbonyl (C=O) groups is 1. The molecule has 0 radical (unpaired) electrons. The quantitative estimate of drug-likeness (QED) is 0.359. The fourth-order valence-corrected chi connectivity index (χ4v) is 5.15. The van der Waals surface area contributed by atoms with Crippen LogP contribution >= 0.6 is 0 Å². The molecule has 194 valence electrons. The van der Waals surface area contributed by atoms with Crippen molar-refractivity contribution in [2.75, 3.05) is 31.5 Å². The summed E-state index contributed by atoms with van der Waals surface area (Å²) in [5.74, 6) is 0.874. The van der Waals surface area contributed by atoms with Crippen molar-refractivity contribution in [3.8, 4) is 0 Å². The van der Waals surface area contributed by atoms with Crippen LogP contribution in [0.2, 0.25) is 0 Å². The highest BCUT2D eigenvalue weighted by Gasteiger charge is 2.27. The Morgan fingerprint density at radius 1 is 1.00 bits per heavy atom. The summed E-state index contributed by atoms with van der Waals surface area (Å²) >= 11 is 0. The third kappa shape index (κ3) is 5.69. The van der Waals surface area contributed by atoms with E-state index in [9.17, 15) is 9.90 Å². The molecule has 37 heavy (non-hydrogen) atoms. The second-order valence-electron chi connectivity index (χ2n) is 10.9. The molecule has 8 heteroatoms. The average Bonchev–Trinajstić information content (AvgIpc) is 3.21. The van der Waals surface area contributed by atoms with Gasteiger partial charge in [-0.3, -0.25) is 4.98 Å².